The number of halogens is 1. The molecule has 0 saturated carbocycles. The lowest BCUT2D eigenvalue weighted by molar-refractivity contribution is 0.0402. The van der Waals surface area contributed by atoms with E-state index in [4.69, 9.17) is 10.5 Å². The molecule has 1 heterocycles. The molecule has 1 saturated heterocycles. The molecule has 2 N–H and O–H groups in total. The van der Waals surface area contributed by atoms with Gasteiger partial charge in [0.05, 0.1) is 11.9 Å². The Morgan fingerprint density at radius 2 is 2.12 bits per heavy atom. The van der Waals surface area contributed by atoms with Crippen LogP contribution in [-0.4, -0.2) is 50.8 Å². The van der Waals surface area contributed by atoms with Gasteiger partial charge in [-0.05, 0) is 19.3 Å². The number of hydrogen-bond donors (Lipinski definition) is 1. The van der Waals surface area contributed by atoms with Gasteiger partial charge in [0.1, 0.15) is 0 Å². The summed E-state index contributed by atoms with van der Waals surface area (Å²) in [6, 6.07) is -0.102. The van der Waals surface area contributed by atoms with Crippen LogP contribution in [0.25, 0.3) is 0 Å². The summed E-state index contributed by atoms with van der Waals surface area (Å²) < 4.78 is 30.8. The first-order chi connectivity index (χ1) is 7.55. The van der Waals surface area contributed by atoms with Gasteiger partial charge in [0.2, 0.25) is 10.0 Å². The summed E-state index contributed by atoms with van der Waals surface area (Å²) in [7, 11) is -1.47. The van der Waals surface area contributed by atoms with Crippen LogP contribution >= 0.6 is 12.4 Å². The average Bonchev–Trinajstić information content (AvgIpc) is 2.28. The summed E-state index contributed by atoms with van der Waals surface area (Å²) in [5.74, 6) is 0.209. The summed E-state index contributed by atoms with van der Waals surface area (Å²) in [5, 5.41) is 0. The van der Waals surface area contributed by atoms with Crippen molar-refractivity contribution in [2.45, 2.75) is 38.3 Å². The Morgan fingerprint density at radius 1 is 1.47 bits per heavy atom. The van der Waals surface area contributed by atoms with E-state index < -0.39 is 10.0 Å². The van der Waals surface area contributed by atoms with Gasteiger partial charge in [0.25, 0.3) is 0 Å². The first-order valence-corrected chi connectivity index (χ1v) is 7.38. The van der Waals surface area contributed by atoms with Crippen molar-refractivity contribution in [1.82, 2.24) is 4.31 Å². The van der Waals surface area contributed by atoms with E-state index in [-0.39, 0.29) is 30.3 Å². The maximum atomic E-state index is 12.0. The molecule has 0 radical (unpaired) electrons. The molecular formula is C10H23ClN2O3S. The molecule has 5 nitrogen and oxygen atoms in total. The van der Waals surface area contributed by atoms with Crippen LogP contribution < -0.4 is 5.73 Å². The van der Waals surface area contributed by atoms with Gasteiger partial charge < -0.3 is 10.5 Å². The quantitative estimate of drug-likeness (QED) is 0.803. The number of sulfonamides is 1. The second-order valence-electron chi connectivity index (χ2n) is 4.20. The molecule has 0 aliphatic carbocycles. The third-order valence-electron chi connectivity index (χ3n) is 3.04. The topological polar surface area (TPSA) is 72.6 Å². The molecule has 0 amide bonds. The minimum atomic E-state index is -3.13. The van der Waals surface area contributed by atoms with E-state index >= 15 is 0 Å². The van der Waals surface area contributed by atoms with Crippen molar-refractivity contribution < 1.29 is 13.2 Å². The zero-order valence-electron chi connectivity index (χ0n) is 10.5. The Labute approximate surface area is 110 Å². The summed E-state index contributed by atoms with van der Waals surface area (Å²) in [5.41, 5.74) is 5.64. The molecule has 17 heavy (non-hydrogen) atoms. The van der Waals surface area contributed by atoms with Crippen LogP contribution in [0.1, 0.15) is 26.2 Å². The normalized spacial score (nSPS) is 26.5. The molecule has 1 aliphatic rings. The fourth-order valence-electron chi connectivity index (χ4n) is 2.16. The highest BCUT2D eigenvalue weighted by Crippen LogP contribution is 2.22. The Balaban J connectivity index is 0.00000256. The minimum Gasteiger partial charge on any atom is -0.381 e. The largest absolute Gasteiger partial charge is 0.381 e. The van der Waals surface area contributed by atoms with Gasteiger partial charge in [-0.15, -0.1) is 12.4 Å². The highest BCUT2D eigenvalue weighted by molar-refractivity contribution is 7.89. The lowest BCUT2D eigenvalue weighted by Gasteiger charge is -2.37. The summed E-state index contributed by atoms with van der Waals surface area (Å²) in [6.07, 6.45) is 2.25. The first kappa shape index (κ1) is 17.1. The predicted octanol–water partition coefficient (Wildman–Crippen LogP) is 0.586. The van der Waals surface area contributed by atoms with Crippen molar-refractivity contribution >= 4 is 22.4 Å². The molecule has 2 atom stereocenters. The predicted molar refractivity (Wildman–Crippen MR) is 70.9 cm³/mol. The van der Waals surface area contributed by atoms with E-state index in [1.807, 2.05) is 6.92 Å². The Morgan fingerprint density at radius 3 is 2.59 bits per heavy atom. The Bertz CT molecular complexity index is 311. The molecule has 104 valence electrons. The second-order valence-corrected chi connectivity index (χ2v) is 6.24. The van der Waals surface area contributed by atoms with Crippen molar-refractivity contribution in [2.24, 2.45) is 5.73 Å². The number of piperidine rings is 1. The Hall–Kier alpha value is 0.120. The van der Waals surface area contributed by atoms with Gasteiger partial charge in [-0.25, -0.2) is 8.42 Å². The zero-order valence-corrected chi connectivity index (χ0v) is 12.1. The SMILES string of the molecule is CCCS(=O)(=O)N1CCC(OC)CC1CN.Cl. The van der Waals surface area contributed by atoms with Crippen LogP contribution in [0.15, 0.2) is 0 Å². The number of nitrogens with two attached hydrogens (primary N) is 1. The zero-order chi connectivity index (χ0) is 12.2. The van der Waals surface area contributed by atoms with E-state index in [9.17, 15) is 8.42 Å². The van der Waals surface area contributed by atoms with Crippen molar-refractivity contribution in [3.05, 3.63) is 0 Å². The number of hydrogen-bond acceptors (Lipinski definition) is 4. The van der Waals surface area contributed by atoms with Crippen LogP contribution in [0.3, 0.4) is 0 Å². The van der Waals surface area contributed by atoms with E-state index in [0.29, 0.717) is 25.9 Å². The molecule has 0 aromatic heterocycles. The monoisotopic (exact) mass is 286 g/mol. The van der Waals surface area contributed by atoms with E-state index in [0.717, 1.165) is 6.42 Å². The standard InChI is InChI=1S/C10H22N2O3S.ClH/c1-3-6-16(13,14)12-5-4-10(15-2)7-9(12)8-11;/h9-10H,3-8,11H2,1-2H3;1H. The van der Waals surface area contributed by atoms with Crippen molar-refractivity contribution in [2.75, 3.05) is 26.0 Å². The maximum absolute atomic E-state index is 12.0. The molecule has 1 fully saturated rings. The summed E-state index contributed by atoms with van der Waals surface area (Å²) >= 11 is 0. The van der Waals surface area contributed by atoms with E-state index in [1.54, 1.807) is 11.4 Å². The van der Waals surface area contributed by atoms with Crippen molar-refractivity contribution in [3.63, 3.8) is 0 Å². The van der Waals surface area contributed by atoms with Gasteiger partial charge >= 0.3 is 0 Å². The maximum Gasteiger partial charge on any atom is 0.214 e. The van der Waals surface area contributed by atoms with Gasteiger partial charge in [-0.1, -0.05) is 6.92 Å². The fourth-order valence-corrected chi connectivity index (χ4v) is 3.92. The smallest absolute Gasteiger partial charge is 0.214 e. The van der Waals surface area contributed by atoms with Crippen LogP contribution in [0, 0.1) is 0 Å². The molecule has 7 heteroatoms. The third kappa shape index (κ3) is 4.37. The third-order valence-corrected chi connectivity index (χ3v) is 5.16. The molecule has 1 rings (SSSR count). The number of methoxy groups -OCH3 is 1. The fraction of sp³-hybridized carbons (Fsp3) is 1.00. The van der Waals surface area contributed by atoms with Gasteiger partial charge in [-0.2, -0.15) is 4.31 Å². The van der Waals surface area contributed by atoms with Crippen LogP contribution in [0.4, 0.5) is 0 Å². The highest BCUT2D eigenvalue weighted by atomic mass is 35.5. The molecule has 2 unspecified atom stereocenters. The number of ether oxygens (including phenoxy) is 1. The Kier molecular flexibility index (Phi) is 7.58. The molecule has 1 aliphatic heterocycles. The minimum absolute atomic E-state index is 0. The van der Waals surface area contributed by atoms with Crippen LogP contribution in [0.2, 0.25) is 0 Å². The van der Waals surface area contributed by atoms with Gasteiger partial charge in [0, 0.05) is 26.2 Å². The summed E-state index contributed by atoms with van der Waals surface area (Å²) in [6.45, 7) is 2.77. The van der Waals surface area contributed by atoms with Crippen molar-refractivity contribution in [1.29, 1.82) is 0 Å². The van der Waals surface area contributed by atoms with Gasteiger partial charge in [0.15, 0.2) is 0 Å². The lowest BCUT2D eigenvalue weighted by Crippen LogP contribution is -2.51. The van der Waals surface area contributed by atoms with Crippen molar-refractivity contribution in [3.8, 4) is 0 Å². The van der Waals surface area contributed by atoms with Crippen LogP contribution in [-0.2, 0) is 14.8 Å². The summed E-state index contributed by atoms with van der Waals surface area (Å²) in [4.78, 5) is 0. The highest BCUT2D eigenvalue weighted by Gasteiger charge is 2.34. The second kappa shape index (κ2) is 7.53. The molecule has 0 aromatic carbocycles. The van der Waals surface area contributed by atoms with Crippen LogP contribution in [0.5, 0.6) is 0 Å². The van der Waals surface area contributed by atoms with Gasteiger partial charge in [-0.3, -0.25) is 0 Å². The molecule has 0 aromatic rings. The number of rotatable bonds is 5. The number of nitrogens with zero attached hydrogens (tertiary/aromatic N) is 1. The first-order valence-electron chi connectivity index (χ1n) is 5.77. The molecule has 0 spiro atoms. The molecule has 0 bridgehead atoms. The lowest BCUT2D eigenvalue weighted by atomic mass is 10.0. The average molecular weight is 287 g/mol. The molecular weight excluding hydrogens is 264 g/mol. The van der Waals surface area contributed by atoms with E-state index in [2.05, 4.69) is 0 Å². The van der Waals surface area contributed by atoms with E-state index in [1.165, 1.54) is 0 Å².